The number of amides is 1. The molecule has 0 fully saturated rings. The number of hydrogen-bond donors (Lipinski definition) is 1. The van der Waals surface area contributed by atoms with Crippen molar-refractivity contribution in [3.05, 3.63) is 101 Å². The standard InChI is InChI=1S/C23H20FNO3/c24-18-10-11-21(26)20(14-18)22-19-9-5-4-8-17(19)12-13-25(22)23(27)28-15-16-6-2-1-3-7-16/h1-11,14,22,26H,12-13,15H2. The second-order valence-corrected chi connectivity index (χ2v) is 6.79. The minimum absolute atomic E-state index is 0.0519. The molecule has 28 heavy (non-hydrogen) atoms. The topological polar surface area (TPSA) is 49.8 Å². The molecule has 1 atom stereocenters. The predicted octanol–water partition coefficient (Wildman–Crippen LogP) is 4.82. The van der Waals surface area contributed by atoms with Crippen molar-refractivity contribution >= 4 is 6.09 Å². The summed E-state index contributed by atoms with van der Waals surface area (Å²) in [6, 6.07) is 20.3. The van der Waals surface area contributed by atoms with E-state index in [9.17, 15) is 14.3 Å². The van der Waals surface area contributed by atoms with Gasteiger partial charge in [0.2, 0.25) is 0 Å². The normalized spacial score (nSPS) is 15.8. The molecule has 1 unspecified atom stereocenters. The van der Waals surface area contributed by atoms with Crippen molar-refractivity contribution in [2.45, 2.75) is 19.1 Å². The molecule has 0 aliphatic carbocycles. The minimum atomic E-state index is -0.607. The number of hydrogen-bond acceptors (Lipinski definition) is 3. The van der Waals surface area contributed by atoms with Crippen LogP contribution in [-0.2, 0) is 17.8 Å². The number of rotatable bonds is 3. The highest BCUT2D eigenvalue weighted by Gasteiger charge is 2.34. The van der Waals surface area contributed by atoms with Gasteiger partial charge in [-0.25, -0.2) is 9.18 Å². The third-order valence-corrected chi connectivity index (χ3v) is 5.01. The number of benzene rings is 3. The van der Waals surface area contributed by atoms with Gasteiger partial charge in [0.15, 0.2) is 0 Å². The van der Waals surface area contributed by atoms with Gasteiger partial charge in [-0.3, -0.25) is 4.90 Å². The average molecular weight is 377 g/mol. The van der Waals surface area contributed by atoms with E-state index < -0.39 is 18.0 Å². The van der Waals surface area contributed by atoms with Crippen LogP contribution in [0.5, 0.6) is 5.75 Å². The van der Waals surface area contributed by atoms with Gasteiger partial charge in [-0.1, -0.05) is 54.6 Å². The van der Waals surface area contributed by atoms with Crippen LogP contribution in [0.3, 0.4) is 0 Å². The van der Waals surface area contributed by atoms with Crippen molar-refractivity contribution in [3.63, 3.8) is 0 Å². The maximum absolute atomic E-state index is 13.9. The first-order valence-corrected chi connectivity index (χ1v) is 9.17. The Labute approximate surface area is 162 Å². The molecule has 0 spiro atoms. The first kappa shape index (κ1) is 18.0. The highest BCUT2D eigenvalue weighted by atomic mass is 19.1. The van der Waals surface area contributed by atoms with Gasteiger partial charge in [0.05, 0.1) is 6.04 Å². The van der Waals surface area contributed by atoms with Crippen LogP contribution in [0.15, 0.2) is 72.8 Å². The van der Waals surface area contributed by atoms with Crippen LogP contribution in [0.1, 0.15) is 28.3 Å². The first-order chi connectivity index (χ1) is 13.6. The summed E-state index contributed by atoms with van der Waals surface area (Å²) in [7, 11) is 0. The summed E-state index contributed by atoms with van der Waals surface area (Å²) in [6.45, 7) is 0.574. The fourth-order valence-corrected chi connectivity index (χ4v) is 3.65. The fourth-order valence-electron chi connectivity index (χ4n) is 3.65. The lowest BCUT2D eigenvalue weighted by Gasteiger charge is -2.37. The number of carbonyl (C=O) groups is 1. The Morgan fingerprint density at radius 2 is 1.79 bits per heavy atom. The van der Waals surface area contributed by atoms with E-state index in [1.807, 2.05) is 54.6 Å². The van der Waals surface area contributed by atoms with Crippen molar-refractivity contribution in [2.75, 3.05) is 6.54 Å². The first-order valence-electron chi connectivity index (χ1n) is 9.17. The number of aromatic hydroxyl groups is 1. The minimum Gasteiger partial charge on any atom is -0.508 e. The molecule has 4 rings (SSSR count). The van der Waals surface area contributed by atoms with E-state index in [4.69, 9.17) is 4.74 Å². The van der Waals surface area contributed by atoms with Crippen LogP contribution in [0.25, 0.3) is 0 Å². The Morgan fingerprint density at radius 3 is 2.61 bits per heavy atom. The summed E-state index contributed by atoms with van der Waals surface area (Å²) in [5.74, 6) is -0.516. The predicted molar refractivity (Wildman–Crippen MR) is 103 cm³/mol. The monoisotopic (exact) mass is 377 g/mol. The molecule has 3 aromatic rings. The Kier molecular flexibility index (Phi) is 4.98. The van der Waals surface area contributed by atoms with E-state index in [1.165, 1.54) is 18.2 Å². The molecule has 1 amide bonds. The molecular weight excluding hydrogens is 357 g/mol. The number of carbonyl (C=O) groups excluding carboxylic acids is 1. The maximum Gasteiger partial charge on any atom is 0.410 e. The molecule has 0 radical (unpaired) electrons. The summed E-state index contributed by atoms with van der Waals surface area (Å²) in [4.78, 5) is 14.4. The molecule has 0 aromatic heterocycles. The second kappa shape index (κ2) is 7.72. The molecule has 1 aliphatic rings. The average Bonchev–Trinajstić information content (AvgIpc) is 2.74. The second-order valence-electron chi connectivity index (χ2n) is 6.79. The number of nitrogens with zero attached hydrogens (tertiary/aromatic N) is 1. The third-order valence-electron chi connectivity index (χ3n) is 5.01. The number of phenolic OH excluding ortho intramolecular Hbond substituents is 1. The summed E-state index contributed by atoms with van der Waals surface area (Å²) in [5.41, 5.74) is 3.18. The van der Waals surface area contributed by atoms with Crippen molar-refractivity contribution in [3.8, 4) is 5.75 Å². The highest BCUT2D eigenvalue weighted by Crippen LogP contribution is 2.39. The lowest BCUT2D eigenvalue weighted by molar-refractivity contribution is 0.0833. The van der Waals surface area contributed by atoms with Gasteiger partial charge < -0.3 is 9.84 Å². The Hall–Kier alpha value is -3.34. The maximum atomic E-state index is 13.9. The quantitative estimate of drug-likeness (QED) is 0.712. The molecule has 3 aromatic carbocycles. The largest absolute Gasteiger partial charge is 0.508 e. The van der Waals surface area contributed by atoms with E-state index in [2.05, 4.69) is 0 Å². The number of fused-ring (bicyclic) bond motifs is 1. The SMILES string of the molecule is O=C(OCc1ccccc1)N1CCc2ccccc2C1c1cc(F)ccc1O. The van der Waals surface area contributed by atoms with Crippen LogP contribution >= 0.6 is 0 Å². The zero-order chi connectivity index (χ0) is 19.5. The molecule has 1 N–H and O–H groups in total. The number of ether oxygens (including phenoxy) is 1. The van der Waals surface area contributed by atoms with Gasteiger partial charge in [-0.15, -0.1) is 0 Å². The molecule has 142 valence electrons. The van der Waals surface area contributed by atoms with Crippen molar-refractivity contribution < 1.29 is 19.0 Å². The molecule has 0 saturated heterocycles. The van der Waals surface area contributed by atoms with E-state index in [0.717, 1.165) is 16.7 Å². The van der Waals surface area contributed by atoms with Crippen LogP contribution in [0, 0.1) is 5.82 Å². The molecule has 4 nitrogen and oxygen atoms in total. The number of phenols is 1. The Balaban J connectivity index is 1.67. The van der Waals surface area contributed by atoms with Gasteiger partial charge in [-0.05, 0) is 41.3 Å². The molecule has 1 heterocycles. The molecular formula is C23H20FNO3. The van der Waals surface area contributed by atoms with Crippen LogP contribution in [-0.4, -0.2) is 22.6 Å². The van der Waals surface area contributed by atoms with Crippen molar-refractivity contribution in [2.24, 2.45) is 0 Å². The smallest absolute Gasteiger partial charge is 0.410 e. The van der Waals surface area contributed by atoms with Gasteiger partial charge in [0.1, 0.15) is 18.2 Å². The Bertz CT molecular complexity index is 990. The van der Waals surface area contributed by atoms with Crippen molar-refractivity contribution in [1.29, 1.82) is 0 Å². The van der Waals surface area contributed by atoms with Crippen LogP contribution < -0.4 is 0 Å². The van der Waals surface area contributed by atoms with Gasteiger partial charge in [0, 0.05) is 12.1 Å². The fraction of sp³-hybridized carbons (Fsp3) is 0.174. The summed E-state index contributed by atoms with van der Waals surface area (Å²) < 4.78 is 19.4. The van der Waals surface area contributed by atoms with E-state index in [-0.39, 0.29) is 12.4 Å². The summed E-state index contributed by atoms with van der Waals surface area (Å²) in [6.07, 6.45) is 0.176. The molecule has 1 aliphatic heterocycles. The lowest BCUT2D eigenvalue weighted by atomic mass is 9.88. The molecule has 5 heteroatoms. The lowest BCUT2D eigenvalue weighted by Crippen LogP contribution is -2.41. The van der Waals surface area contributed by atoms with Crippen LogP contribution in [0.4, 0.5) is 9.18 Å². The van der Waals surface area contributed by atoms with E-state index >= 15 is 0 Å². The van der Waals surface area contributed by atoms with E-state index in [0.29, 0.717) is 18.5 Å². The Morgan fingerprint density at radius 1 is 1.04 bits per heavy atom. The number of halogens is 1. The third kappa shape index (κ3) is 3.56. The van der Waals surface area contributed by atoms with Gasteiger partial charge in [-0.2, -0.15) is 0 Å². The summed E-state index contributed by atoms with van der Waals surface area (Å²) in [5, 5.41) is 10.4. The van der Waals surface area contributed by atoms with E-state index in [1.54, 1.807) is 4.90 Å². The van der Waals surface area contributed by atoms with Gasteiger partial charge in [0.25, 0.3) is 0 Å². The zero-order valence-electron chi connectivity index (χ0n) is 15.2. The molecule has 0 saturated carbocycles. The van der Waals surface area contributed by atoms with Crippen LogP contribution in [0.2, 0.25) is 0 Å². The highest BCUT2D eigenvalue weighted by molar-refractivity contribution is 5.70. The molecule has 0 bridgehead atoms. The van der Waals surface area contributed by atoms with Gasteiger partial charge >= 0.3 is 6.09 Å². The van der Waals surface area contributed by atoms with Crippen molar-refractivity contribution in [1.82, 2.24) is 4.90 Å². The zero-order valence-corrected chi connectivity index (χ0v) is 15.2. The summed E-state index contributed by atoms with van der Waals surface area (Å²) >= 11 is 0.